The Kier molecular flexibility index (Phi) is 7.00. The number of hydrogen-bond acceptors (Lipinski definition) is 6. The van der Waals surface area contributed by atoms with E-state index in [1.807, 2.05) is 80.6 Å². The quantitative estimate of drug-likeness (QED) is 0.319. The fourth-order valence-corrected chi connectivity index (χ4v) is 4.20. The van der Waals surface area contributed by atoms with Gasteiger partial charge in [0.15, 0.2) is 0 Å². The highest BCUT2D eigenvalue weighted by Crippen LogP contribution is 2.33. The Morgan fingerprint density at radius 2 is 1.48 bits per heavy atom. The molecule has 0 atom stereocenters. The average molecular weight is 464 g/mol. The third-order valence-corrected chi connectivity index (χ3v) is 5.77. The van der Waals surface area contributed by atoms with E-state index in [9.17, 15) is 9.90 Å². The van der Waals surface area contributed by atoms with Gasteiger partial charge in [-0.2, -0.15) is 0 Å². The summed E-state index contributed by atoms with van der Waals surface area (Å²) in [5, 5.41) is 9.77. The van der Waals surface area contributed by atoms with Crippen molar-refractivity contribution >= 4 is 11.3 Å². The zero-order valence-electron chi connectivity index (χ0n) is 18.5. The van der Waals surface area contributed by atoms with Crippen molar-refractivity contribution < 1.29 is 19.3 Å². The highest BCUT2D eigenvalue weighted by molar-refractivity contribution is 7.09. The lowest BCUT2D eigenvalue weighted by atomic mass is 10.0. The van der Waals surface area contributed by atoms with Crippen LogP contribution >= 0.6 is 11.3 Å². The van der Waals surface area contributed by atoms with Crippen LogP contribution in [0.2, 0.25) is 0 Å². The zero-order valence-corrected chi connectivity index (χ0v) is 19.3. The molecule has 0 spiro atoms. The zero-order chi connectivity index (χ0) is 23.2. The van der Waals surface area contributed by atoms with E-state index in [1.54, 1.807) is 0 Å². The molecule has 7 heteroatoms. The minimum absolute atomic E-state index is 0.0666. The van der Waals surface area contributed by atoms with Crippen molar-refractivity contribution in [3.05, 3.63) is 86.8 Å². The molecule has 1 heterocycles. The maximum atomic E-state index is 11.4. The molecule has 3 aromatic carbocycles. The van der Waals surface area contributed by atoms with Gasteiger partial charge in [-0.3, -0.25) is 9.78 Å². The third kappa shape index (κ3) is 5.75. The van der Waals surface area contributed by atoms with E-state index in [2.05, 4.69) is 4.98 Å². The molecule has 6 nitrogen and oxygen atoms in total. The molecule has 4 rings (SSSR count). The van der Waals surface area contributed by atoms with Gasteiger partial charge >= 0.3 is 4.87 Å². The fraction of sp³-hybridized carbons (Fsp3) is 0.192. The smallest absolute Gasteiger partial charge is 0.307 e. The number of aromatic hydroxyl groups is 1. The van der Waals surface area contributed by atoms with Crippen LogP contribution in [0.5, 0.6) is 28.9 Å². The van der Waals surface area contributed by atoms with Gasteiger partial charge in [-0.15, -0.1) is 0 Å². The lowest BCUT2D eigenvalue weighted by Gasteiger charge is -2.12. The van der Waals surface area contributed by atoms with E-state index in [0.717, 1.165) is 39.5 Å². The first-order chi connectivity index (χ1) is 16.0. The molecule has 0 amide bonds. The van der Waals surface area contributed by atoms with Crippen molar-refractivity contribution in [3.8, 4) is 40.0 Å². The molecule has 2 N–H and O–H groups in total. The van der Waals surface area contributed by atoms with Crippen LogP contribution in [0.4, 0.5) is 0 Å². The second-order valence-electron chi connectivity index (χ2n) is 7.30. The predicted molar refractivity (Wildman–Crippen MR) is 130 cm³/mol. The monoisotopic (exact) mass is 463 g/mol. The van der Waals surface area contributed by atoms with Crippen molar-refractivity contribution in [1.29, 1.82) is 0 Å². The Labute approximate surface area is 196 Å². The lowest BCUT2D eigenvalue weighted by molar-refractivity contribution is 0.323. The molecule has 4 aromatic rings. The molecular formula is C26H25NO5S. The highest BCUT2D eigenvalue weighted by atomic mass is 32.1. The molecule has 0 fully saturated rings. The molecule has 0 aliphatic carbocycles. The summed E-state index contributed by atoms with van der Waals surface area (Å²) in [5.74, 6) is 2.86. The molecule has 0 saturated carbocycles. The standard InChI is InChI=1S/C26H25NO5S/c1-3-30-22-14-19(15-23(16-22)31-4-2)18-6-5-7-21(13-18)32-20-10-8-17(9-11-20)12-24-25(28)27-26(29)33-24/h5-11,13-16,28H,3-4,12H2,1-2H3,(H,27,29). The van der Waals surface area contributed by atoms with Gasteiger partial charge in [0.1, 0.15) is 23.0 Å². The minimum Gasteiger partial charge on any atom is -0.494 e. The van der Waals surface area contributed by atoms with Crippen molar-refractivity contribution in [3.63, 3.8) is 0 Å². The van der Waals surface area contributed by atoms with Gasteiger partial charge < -0.3 is 19.3 Å². The number of H-pyrrole nitrogens is 1. The fourth-order valence-electron chi connectivity index (χ4n) is 3.45. The molecular weight excluding hydrogens is 438 g/mol. The number of aromatic amines is 1. The summed E-state index contributed by atoms with van der Waals surface area (Å²) in [5.41, 5.74) is 2.94. The van der Waals surface area contributed by atoms with E-state index in [4.69, 9.17) is 14.2 Å². The van der Waals surface area contributed by atoms with E-state index >= 15 is 0 Å². The molecule has 170 valence electrons. The topological polar surface area (TPSA) is 80.8 Å². The van der Waals surface area contributed by atoms with Gasteiger partial charge in [-0.05, 0) is 66.9 Å². The maximum absolute atomic E-state index is 11.4. The Balaban J connectivity index is 1.51. The Bertz CT molecular complexity index is 1250. The Morgan fingerprint density at radius 3 is 2.09 bits per heavy atom. The molecule has 0 aliphatic heterocycles. The van der Waals surface area contributed by atoms with Crippen LogP contribution in [0.3, 0.4) is 0 Å². The molecule has 33 heavy (non-hydrogen) atoms. The first kappa shape index (κ1) is 22.5. The third-order valence-electron chi connectivity index (χ3n) is 4.89. The van der Waals surface area contributed by atoms with Gasteiger partial charge in [-0.1, -0.05) is 35.6 Å². The number of benzene rings is 3. The number of thiazole rings is 1. The van der Waals surface area contributed by atoms with Crippen LogP contribution in [-0.2, 0) is 6.42 Å². The largest absolute Gasteiger partial charge is 0.494 e. The van der Waals surface area contributed by atoms with E-state index in [-0.39, 0.29) is 10.8 Å². The van der Waals surface area contributed by atoms with Crippen molar-refractivity contribution in [2.45, 2.75) is 20.3 Å². The number of hydrogen-bond donors (Lipinski definition) is 2. The summed E-state index contributed by atoms with van der Waals surface area (Å²) >= 11 is 1.01. The molecule has 0 radical (unpaired) electrons. The molecule has 0 saturated heterocycles. The first-order valence-electron chi connectivity index (χ1n) is 10.7. The summed E-state index contributed by atoms with van der Waals surface area (Å²) in [6.07, 6.45) is 0.476. The summed E-state index contributed by atoms with van der Waals surface area (Å²) in [7, 11) is 0. The van der Waals surface area contributed by atoms with Crippen LogP contribution in [0.1, 0.15) is 24.3 Å². The summed E-state index contributed by atoms with van der Waals surface area (Å²) in [6, 6.07) is 21.3. The van der Waals surface area contributed by atoms with Crippen LogP contribution < -0.4 is 19.1 Å². The molecule has 0 bridgehead atoms. The summed E-state index contributed by atoms with van der Waals surface area (Å²) in [4.78, 5) is 14.1. The van der Waals surface area contributed by atoms with Gasteiger partial charge in [-0.25, -0.2) is 0 Å². The van der Waals surface area contributed by atoms with Crippen LogP contribution in [0.15, 0.2) is 71.5 Å². The van der Waals surface area contributed by atoms with E-state index in [0.29, 0.717) is 36.0 Å². The maximum Gasteiger partial charge on any atom is 0.307 e. The second-order valence-corrected chi connectivity index (χ2v) is 8.36. The van der Waals surface area contributed by atoms with Gasteiger partial charge in [0, 0.05) is 12.5 Å². The Hall–Kier alpha value is -3.71. The SMILES string of the molecule is CCOc1cc(OCC)cc(-c2cccc(Oc3ccc(Cc4sc(=O)[nH]c4O)cc3)c2)c1. The normalized spacial score (nSPS) is 10.7. The number of rotatable bonds is 9. The van der Waals surface area contributed by atoms with Gasteiger partial charge in [0.05, 0.1) is 18.1 Å². The van der Waals surface area contributed by atoms with E-state index < -0.39 is 0 Å². The van der Waals surface area contributed by atoms with Gasteiger partial charge in [0.2, 0.25) is 5.88 Å². The second kappa shape index (κ2) is 10.3. The number of aromatic nitrogens is 1. The Morgan fingerprint density at radius 1 is 0.818 bits per heavy atom. The molecule has 1 aromatic heterocycles. The summed E-state index contributed by atoms with van der Waals surface area (Å²) < 4.78 is 17.5. The minimum atomic E-state index is -0.262. The lowest BCUT2D eigenvalue weighted by Crippen LogP contribution is -1.96. The number of ether oxygens (including phenoxy) is 3. The van der Waals surface area contributed by atoms with E-state index in [1.165, 1.54) is 0 Å². The van der Waals surface area contributed by atoms with Crippen LogP contribution in [0, 0.1) is 0 Å². The van der Waals surface area contributed by atoms with Crippen LogP contribution in [0.25, 0.3) is 11.1 Å². The number of nitrogens with one attached hydrogen (secondary N) is 1. The summed E-state index contributed by atoms with van der Waals surface area (Å²) in [6.45, 7) is 5.07. The first-order valence-corrected chi connectivity index (χ1v) is 11.5. The van der Waals surface area contributed by atoms with Crippen molar-refractivity contribution in [1.82, 2.24) is 4.98 Å². The average Bonchev–Trinajstić information content (AvgIpc) is 3.12. The highest BCUT2D eigenvalue weighted by Gasteiger charge is 2.09. The predicted octanol–water partition coefficient (Wildman–Crippen LogP) is 5.99. The molecule has 0 aliphatic rings. The van der Waals surface area contributed by atoms with Crippen molar-refractivity contribution in [2.75, 3.05) is 13.2 Å². The van der Waals surface area contributed by atoms with Crippen LogP contribution in [-0.4, -0.2) is 23.3 Å². The molecule has 0 unspecified atom stereocenters. The van der Waals surface area contributed by atoms with Gasteiger partial charge in [0.25, 0.3) is 0 Å². The van der Waals surface area contributed by atoms with Crippen molar-refractivity contribution in [2.24, 2.45) is 0 Å².